The second kappa shape index (κ2) is 6.16. The summed E-state index contributed by atoms with van der Waals surface area (Å²) in [6, 6.07) is 5.61. The number of halogens is 2. The fourth-order valence-electron chi connectivity index (χ4n) is 2.32. The van der Waals surface area contributed by atoms with Crippen molar-refractivity contribution in [3.63, 3.8) is 0 Å². The monoisotopic (exact) mass is 341 g/mol. The molecule has 0 saturated heterocycles. The van der Waals surface area contributed by atoms with Crippen LogP contribution in [0.15, 0.2) is 28.1 Å². The average Bonchev–Trinajstić information content (AvgIpc) is 2.73. The summed E-state index contributed by atoms with van der Waals surface area (Å²) in [4.78, 5) is 1.12. The Morgan fingerprint density at radius 3 is 2.58 bits per heavy atom. The maximum Gasteiger partial charge on any atom is 0.128 e. The Hall–Kier alpha value is -0.710. The lowest BCUT2D eigenvalue weighted by Crippen LogP contribution is -2.23. The quantitative estimate of drug-likeness (QED) is 0.828. The summed E-state index contributed by atoms with van der Waals surface area (Å²) in [5, 5.41) is 5.41. The third-order valence-electron chi connectivity index (χ3n) is 3.05. The number of hydrogen-bond acceptors (Lipinski definition) is 2. The summed E-state index contributed by atoms with van der Waals surface area (Å²) in [5.41, 5.74) is 2.70. The molecule has 0 spiro atoms. The van der Waals surface area contributed by atoms with Crippen LogP contribution in [0.5, 0.6) is 0 Å². The van der Waals surface area contributed by atoms with Gasteiger partial charge in [0.25, 0.3) is 0 Å². The Kier molecular flexibility index (Phi) is 4.76. The highest BCUT2D eigenvalue weighted by Gasteiger charge is 2.21. The van der Waals surface area contributed by atoms with Crippen molar-refractivity contribution in [1.29, 1.82) is 0 Å². The van der Waals surface area contributed by atoms with Gasteiger partial charge >= 0.3 is 0 Å². The van der Waals surface area contributed by atoms with Gasteiger partial charge in [-0.05, 0) is 59.6 Å². The molecule has 1 heterocycles. The van der Waals surface area contributed by atoms with Crippen LogP contribution in [0.4, 0.5) is 4.39 Å². The second-order valence-corrected chi connectivity index (χ2v) is 6.49. The molecule has 102 valence electrons. The van der Waals surface area contributed by atoms with Crippen LogP contribution in [-0.4, -0.2) is 6.54 Å². The molecule has 0 aliphatic carbocycles. The molecule has 2 aromatic rings. The highest BCUT2D eigenvalue weighted by Crippen LogP contribution is 2.33. The molecule has 1 nitrogen and oxygen atoms in total. The van der Waals surface area contributed by atoms with Crippen molar-refractivity contribution in [1.82, 2.24) is 5.32 Å². The molecule has 1 atom stereocenters. The van der Waals surface area contributed by atoms with Crippen molar-refractivity contribution in [3.8, 4) is 0 Å². The molecule has 4 heteroatoms. The van der Waals surface area contributed by atoms with Gasteiger partial charge in [0.15, 0.2) is 0 Å². The molecule has 0 fully saturated rings. The number of benzene rings is 1. The zero-order valence-corrected chi connectivity index (χ0v) is 13.7. The van der Waals surface area contributed by atoms with E-state index in [0.717, 1.165) is 32.6 Å². The zero-order valence-electron chi connectivity index (χ0n) is 11.3. The molecule has 2 rings (SSSR count). The summed E-state index contributed by atoms with van der Waals surface area (Å²) >= 11 is 5.10. The Morgan fingerprint density at radius 2 is 2.05 bits per heavy atom. The van der Waals surface area contributed by atoms with Crippen LogP contribution in [-0.2, 0) is 0 Å². The summed E-state index contributed by atoms with van der Waals surface area (Å²) in [6.45, 7) is 6.73. The van der Waals surface area contributed by atoms with Gasteiger partial charge in [-0.1, -0.05) is 13.0 Å². The summed E-state index contributed by atoms with van der Waals surface area (Å²) in [5.74, 6) is -0.132. The first-order valence-corrected chi connectivity index (χ1v) is 7.94. The van der Waals surface area contributed by atoms with E-state index in [-0.39, 0.29) is 11.9 Å². The number of aryl methyl sites for hydroxylation is 2. The van der Waals surface area contributed by atoms with Gasteiger partial charge in [0.05, 0.1) is 6.04 Å². The molecule has 1 N–H and O–H groups in total. The SMILES string of the molecule is CCNC(c1cc(Br)cs1)c1c(C)cc(C)cc1F. The minimum absolute atomic E-state index is 0.0816. The smallest absolute Gasteiger partial charge is 0.128 e. The molecule has 0 radical (unpaired) electrons. The summed E-state index contributed by atoms with van der Waals surface area (Å²) in [7, 11) is 0. The minimum Gasteiger partial charge on any atom is -0.306 e. The molecular weight excluding hydrogens is 325 g/mol. The molecule has 1 unspecified atom stereocenters. The van der Waals surface area contributed by atoms with Crippen molar-refractivity contribution >= 4 is 27.3 Å². The molecule has 0 aliphatic heterocycles. The standard InChI is InChI=1S/C15H17BrFNS/c1-4-18-15(13-7-11(16)8-19-13)14-10(3)5-9(2)6-12(14)17/h5-8,15,18H,4H2,1-3H3. The van der Waals surface area contributed by atoms with Crippen molar-refractivity contribution < 1.29 is 4.39 Å². The topological polar surface area (TPSA) is 12.0 Å². The van der Waals surface area contributed by atoms with E-state index in [1.54, 1.807) is 17.4 Å². The van der Waals surface area contributed by atoms with Crippen molar-refractivity contribution in [2.24, 2.45) is 0 Å². The highest BCUT2D eigenvalue weighted by atomic mass is 79.9. The van der Waals surface area contributed by atoms with E-state index in [1.807, 2.05) is 32.2 Å². The van der Waals surface area contributed by atoms with Gasteiger partial charge in [0, 0.05) is 20.3 Å². The van der Waals surface area contributed by atoms with E-state index in [0.29, 0.717) is 0 Å². The molecular formula is C15H17BrFNS. The zero-order chi connectivity index (χ0) is 14.0. The predicted octanol–water partition coefficient (Wildman–Crippen LogP) is 4.97. The Labute approximate surface area is 126 Å². The van der Waals surface area contributed by atoms with Crippen LogP contribution in [0, 0.1) is 19.7 Å². The lowest BCUT2D eigenvalue weighted by atomic mass is 9.97. The largest absolute Gasteiger partial charge is 0.306 e. The van der Waals surface area contributed by atoms with E-state index in [9.17, 15) is 4.39 Å². The summed E-state index contributed by atoms with van der Waals surface area (Å²) in [6.07, 6.45) is 0. The van der Waals surface area contributed by atoms with Crippen LogP contribution in [0.25, 0.3) is 0 Å². The first-order valence-electron chi connectivity index (χ1n) is 6.27. The molecule has 1 aromatic carbocycles. The van der Waals surface area contributed by atoms with Crippen LogP contribution >= 0.6 is 27.3 Å². The second-order valence-electron chi connectivity index (χ2n) is 4.64. The van der Waals surface area contributed by atoms with Gasteiger partial charge in [0.1, 0.15) is 5.82 Å². The summed E-state index contributed by atoms with van der Waals surface area (Å²) < 4.78 is 15.4. The maximum atomic E-state index is 14.3. The maximum absolute atomic E-state index is 14.3. The Bertz CT molecular complexity index is 556. The van der Waals surface area contributed by atoms with Crippen molar-refractivity contribution in [2.75, 3.05) is 6.54 Å². The van der Waals surface area contributed by atoms with Crippen LogP contribution in [0.3, 0.4) is 0 Å². The Balaban J connectivity index is 2.51. The third-order valence-corrected chi connectivity index (χ3v) is 4.81. The van der Waals surface area contributed by atoms with Gasteiger partial charge in [0.2, 0.25) is 0 Å². The number of thiophene rings is 1. The van der Waals surface area contributed by atoms with Crippen LogP contribution in [0.1, 0.15) is 34.5 Å². The van der Waals surface area contributed by atoms with E-state index in [4.69, 9.17) is 0 Å². The number of hydrogen-bond donors (Lipinski definition) is 1. The van der Waals surface area contributed by atoms with Crippen LogP contribution < -0.4 is 5.32 Å². The van der Waals surface area contributed by atoms with E-state index in [2.05, 4.69) is 27.3 Å². The number of nitrogens with one attached hydrogen (secondary N) is 1. The predicted molar refractivity (Wildman–Crippen MR) is 83.4 cm³/mol. The van der Waals surface area contributed by atoms with Crippen molar-refractivity contribution in [2.45, 2.75) is 26.8 Å². The first kappa shape index (κ1) is 14.7. The fraction of sp³-hybridized carbons (Fsp3) is 0.333. The lowest BCUT2D eigenvalue weighted by molar-refractivity contribution is 0.559. The van der Waals surface area contributed by atoms with Gasteiger partial charge in [-0.15, -0.1) is 11.3 Å². The number of rotatable bonds is 4. The third kappa shape index (κ3) is 3.25. The van der Waals surface area contributed by atoms with Gasteiger partial charge in [-0.25, -0.2) is 4.39 Å². The minimum atomic E-state index is -0.132. The lowest BCUT2D eigenvalue weighted by Gasteiger charge is -2.20. The molecule has 0 bridgehead atoms. The van der Waals surface area contributed by atoms with E-state index < -0.39 is 0 Å². The van der Waals surface area contributed by atoms with Crippen molar-refractivity contribution in [3.05, 3.63) is 55.4 Å². The molecule has 0 aliphatic rings. The molecule has 19 heavy (non-hydrogen) atoms. The molecule has 0 saturated carbocycles. The van der Waals surface area contributed by atoms with Gasteiger partial charge in [-0.3, -0.25) is 0 Å². The van der Waals surface area contributed by atoms with Gasteiger partial charge in [-0.2, -0.15) is 0 Å². The normalized spacial score (nSPS) is 12.7. The average molecular weight is 342 g/mol. The molecule has 0 amide bonds. The Morgan fingerprint density at radius 1 is 1.32 bits per heavy atom. The molecule has 1 aromatic heterocycles. The highest BCUT2D eigenvalue weighted by molar-refractivity contribution is 9.10. The fourth-order valence-corrected chi connectivity index (χ4v) is 3.85. The van der Waals surface area contributed by atoms with E-state index >= 15 is 0 Å². The van der Waals surface area contributed by atoms with E-state index in [1.165, 1.54) is 0 Å². The van der Waals surface area contributed by atoms with Gasteiger partial charge < -0.3 is 5.32 Å². The first-order chi connectivity index (χ1) is 9.02. The van der Waals surface area contributed by atoms with Crippen LogP contribution in [0.2, 0.25) is 0 Å².